The van der Waals surface area contributed by atoms with E-state index in [-0.39, 0.29) is 11.3 Å². The third-order valence-electron chi connectivity index (χ3n) is 2.72. The van der Waals surface area contributed by atoms with Gasteiger partial charge in [-0.15, -0.1) is 0 Å². The maximum atomic E-state index is 12.6. The highest BCUT2D eigenvalue weighted by atomic mass is 32.2. The molecule has 0 saturated carbocycles. The van der Waals surface area contributed by atoms with Crippen LogP contribution in [0.3, 0.4) is 0 Å². The van der Waals surface area contributed by atoms with Gasteiger partial charge in [-0.1, -0.05) is 18.2 Å². The minimum absolute atomic E-state index is 0.0863. The highest BCUT2D eigenvalue weighted by Crippen LogP contribution is 2.31. The molecule has 0 saturated heterocycles. The lowest BCUT2D eigenvalue weighted by atomic mass is 9.93. The molecule has 0 bridgehead atoms. The Kier molecular flexibility index (Phi) is 5.01. The molecule has 2 unspecified atom stereocenters. The lowest BCUT2D eigenvalue weighted by molar-refractivity contribution is -0.137. The molecule has 0 fully saturated rings. The van der Waals surface area contributed by atoms with E-state index in [9.17, 15) is 18.0 Å². The minimum atomic E-state index is -4.48. The smallest absolute Gasteiger partial charge is 0.297 e. The number of thioether (sulfide) groups is 1. The number of halogens is 3. The number of Topliss-reactive ketones (excluding diaryl/α,β-unsaturated/α-hetero) is 1. The molecule has 2 nitrogen and oxygen atoms in total. The fourth-order valence-corrected chi connectivity index (χ4v) is 1.92. The second-order valence-electron chi connectivity index (χ2n) is 3.97. The summed E-state index contributed by atoms with van der Waals surface area (Å²) in [6.07, 6.45) is -2.77. The number of hydrogen-bond donors (Lipinski definition) is 0. The Bertz CT molecular complexity index is 507. The van der Waals surface area contributed by atoms with Crippen molar-refractivity contribution >= 4 is 17.5 Å². The van der Waals surface area contributed by atoms with Crippen molar-refractivity contribution < 1.29 is 18.0 Å². The quantitative estimate of drug-likeness (QED) is 0.849. The molecule has 19 heavy (non-hydrogen) atoms. The van der Waals surface area contributed by atoms with Crippen molar-refractivity contribution in [2.24, 2.45) is 0 Å². The van der Waals surface area contributed by atoms with Crippen LogP contribution in [-0.2, 0) is 11.0 Å². The average molecular weight is 287 g/mol. The molecule has 0 radical (unpaired) electrons. The Morgan fingerprint density at radius 1 is 1.42 bits per heavy atom. The number of hydrogen-bond acceptors (Lipinski definition) is 3. The zero-order valence-corrected chi connectivity index (χ0v) is 11.2. The van der Waals surface area contributed by atoms with Crippen molar-refractivity contribution in [3.05, 3.63) is 35.4 Å². The second kappa shape index (κ2) is 6.11. The van der Waals surface area contributed by atoms with Crippen molar-refractivity contribution in [3.63, 3.8) is 0 Å². The lowest BCUT2D eigenvalue weighted by Gasteiger charge is -2.14. The molecule has 2 atom stereocenters. The van der Waals surface area contributed by atoms with E-state index in [0.717, 1.165) is 12.1 Å². The summed E-state index contributed by atoms with van der Waals surface area (Å²) in [7, 11) is 0. The summed E-state index contributed by atoms with van der Waals surface area (Å²) in [4.78, 5) is 11.9. The van der Waals surface area contributed by atoms with E-state index < -0.39 is 22.9 Å². The predicted octanol–water partition coefficient (Wildman–Crippen LogP) is 3.63. The molecular weight excluding hydrogens is 275 g/mol. The molecule has 102 valence electrons. The Morgan fingerprint density at radius 3 is 2.53 bits per heavy atom. The highest BCUT2D eigenvalue weighted by Gasteiger charge is 2.32. The summed E-state index contributed by atoms with van der Waals surface area (Å²) in [6.45, 7) is 1.63. The second-order valence-corrected chi connectivity index (χ2v) is 5.14. The third-order valence-corrected chi connectivity index (χ3v) is 3.65. The summed E-state index contributed by atoms with van der Waals surface area (Å²) in [5.74, 6) is -1.54. The van der Waals surface area contributed by atoms with E-state index in [1.807, 2.05) is 0 Å². The van der Waals surface area contributed by atoms with Crippen LogP contribution in [-0.4, -0.2) is 17.3 Å². The van der Waals surface area contributed by atoms with Crippen molar-refractivity contribution in [2.75, 3.05) is 6.26 Å². The molecule has 0 aliphatic carbocycles. The summed E-state index contributed by atoms with van der Waals surface area (Å²) in [5.41, 5.74) is -0.766. The molecule has 0 heterocycles. The van der Waals surface area contributed by atoms with Gasteiger partial charge in [-0.2, -0.15) is 30.2 Å². The molecule has 0 N–H and O–H groups in total. The predicted molar refractivity (Wildman–Crippen MR) is 67.8 cm³/mol. The molecule has 1 aromatic carbocycles. The third kappa shape index (κ3) is 3.74. The maximum absolute atomic E-state index is 12.6. The monoisotopic (exact) mass is 287 g/mol. The molecule has 0 aliphatic rings. The highest BCUT2D eigenvalue weighted by molar-refractivity contribution is 7.99. The van der Waals surface area contributed by atoms with E-state index in [4.69, 9.17) is 5.26 Å². The van der Waals surface area contributed by atoms with Gasteiger partial charge in [-0.25, -0.2) is 0 Å². The Hall–Kier alpha value is -1.48. The zero-order valence-electron chi connectivity index (χ0n) is 10.4. The van der Waals surface area contributed by atoms with E-state index in [1.54, 1.807) is 19.2 Å². The van der Waals surface area contributed by atoms with Crippen LogP contribution in [0.15, 0.2) is 24.3 Å². The normalized spacial score (nSPS) is 14.5. The van der Waals surface area contributed by atoms with Crippen molar-refractivity contribution in [1.29, 1.82) is 5.26 Å². The number of benzene rings is 1. The first kappa shape index (κ1) is 15.6. The van der Waals surface area contributed by atoms with Crippen molar-refractivity contribution in [1.82, 2.24) is 0 Å². The Labute approximate surface area is 113 Å². The Balaban J connectivity index is 3.14. The van der Waals surface area contributed by atoms with Gasteiger partial charge in [0.25, 0.3) is 0 Å². The molecule has 0 amide bonds. The Morgan fingerprint density at radius 2 is 2.05 bits per heavy atom. The summed E-state index contributed by atoms with van der Waals surface area (Å²) >= 11 is 1.26. The van der Waals surface area contributed by atoms with Crippen LogP contribution in [0, 0.1) is 11.3 Å². The van der Waals surface area contributed by atoms with Crippen LogP contribution in [0.4, 0.5) is 13.2 Å². The average Bonchev–Trinajstić information content (AvgIpc) is 2.38. The topological polar surface area (TPSA) is 40.9 Å². The van der Waals surface area contributed by atoms with Crippen LogP contribution < -0.4 is 0 Å². The number of carbonyl (C=O) groups is 1. The molecule has 1 aromatic rings. The molecule has 0 aromatic heterocycles. The SMILES string of the molecule is CSC(C)C(=O)C(C#N)c1cccc(C(F)(F)F)c1. The van der Waals surface area contributed by atoms with Crippen LogP contribution in [0.1, 0.15) is 24.0 Å². The largest absolute Gasteiger partial charge is 0.416 e. The maximum Gasteiger partial charge on any atom is 0.416 e. The minimum Gasteiger partial charge on any atom is -0.297 e. The number of alkyl halides is 3. The number of carbonyl (C=O) groups excluding carboxylic acids is 1. The first-order valence-corrected chi connectivity index (χ1v) is 6.73. The number of nitrogens with zero attached hydrogens (tertiary/aromatic N) is 1. The fraction of sp³-hybridized carbons (Fsp3) is 0.385. The first-order valence-electron chi connectivity index (χ1n) is 5.44. The van der Waals surface area contributed by atoms with Gasteiger partial charge >= 0.3 is 6.18 Å². The van der Waals surface area contributed by atoms with Crippen LogP contribution in [0.5, 0.6) is 0 Å². The van der Waals surface area contributed by atoms with Crippen molar-refractivity contribution in [3.8, 4) is 6.07 Å². The number of nitriles is 1. The first-order chi connectivity index (χ1) is 8.81. The van der Waals surface area contributed by atoms with Crippen LogP contribution in [0.2, 0.25) is 0 Å². The van der Waals surface area contributed by atoms with Gasteiger partial charge in [0.05, 0.1) is 16.9 Å². The molecule has 6 heteroatoms. The standard InChI is InChI=1S/C13H12F3NOS/c1-8(19-2)12(18)11(7-17)9-4-3-5-10(6-9)13(14,15)16/h3-6,8,11H,1-2H3. The van der Waals surface area contributed by atoms with Gasteiger partial charge in [0.15, 0.2) is 5.78 Å². The van der Waals surface area contributed by atoms with E-state index in [0.29, 0.717) is 0 Å². The summed E-state index contributed by atoms with van der Waals surface area (Å²) in [6, 6.07) is 6.14. The van der Waals surface area contributed by atoms with Gasteiger partial charge in [0.2, 0.25) is 0 Å². The summed E-state index contributed by atoms with van der Waals surface area (Å²) in [5, 5.41) is 8.60. The van der Waals surface area contributed by atoms with Crippen LogP contribution >= 0.6 is 11.8 Å². The lowest BCUT2D eigenvalue weighted by Crippen LogP contribution is -2.21. The number of rotatable bonds is 4. The van der Waals surface area contributed by atoms with E-state index in [2.05, 4.69) is 0 Å². The molecule has 0 aliphatic heterocycles. The van der Waals surface area contributed by atoms with E-state index >= 15 is 0 Å². The van der Waals surface area contributed by atoms with Gasteiger partial charge in [-0.05, 0) is 24.8 Å². The number of ketones is 1. The fourth-order valence-electron chi connectivity index (χ4n) is 1.55. The van der Waals surface area contributed by atoms with Crippen LogP contribution in [0.25, 0.3) is 0 Å². The summed E-state index contributed by atoms with van der Waals surface area (Å²) < 4.78 is 37.8. The van der Waals surface area contributed by atoms with Crippen molar-refractivity contribution in [2.45, 2.75) is 24.3 Å². The van der Waals surface area contributed by atoms with Gasteiger partial charge < -0.3 is 0 Å². The van der Waals surface area contributed by atoms with E-state index in [1.165, 1.54) is 23.9 Å². The van der Waals surface area contributed by atoms with Gasteiger partial charge in [-0.3, -0.25) is 4.79 Å². The molecule has 1 rings (SSSR count). The molecule has 0 spiro atoms. The van der Waals surface area contributed by atoms with Gasteiger partial charge in [0.1, 0.15) is 5.92 Å². The zero-order chi connectivity index (χ0) is 14.6. The van der Waals surface area contributed by atoms with Gasteiger partial charge in [0, 0.05) is 0 Å². The molecular formula is C13H12F3NOS.